The second-order valence-corrected chi connectivity index (χ2v) is 5.48. The Balaban J connectivity index is 2.57. The molecule has 0 aliphatic carbocycles. The second-order valence-electron chi connectivity index (χ2n) is 4.50. The predicted molar refractivity (Wildman–Crippen MR) is 74.0 cm³/mol. The van der Waals surface area contributed by atoms with Gasteiger partial charge in [-0.15, -0.1) is 0 Å². The second kappa shape index (κ2) is 7.43. The summed E-state index contributed by atoms with van der Waals surface area (Å²) in [7, 11) is 0. The molecule has 1 aromatic rings. The third-order valence-corrected chi connectivity index (χ3v) is 3.32. The van der Waals surface area contributed by atoms with E-state index < -0.39 is 0 Å². The van der Waals surface area contributed by atoms with Gasteiger partial charge in [-0.2, -0.15) is 16.9 Å². The van der Waals surface area contributed by atoms with E-state index in [4.69, 9.17) is 0 Å². The molecule has 1 aromatic heterocycles. The molecule has 0 bridgehead atoms. The van der Waals surface area contributed by atoms with Crippen LogP contribution < -0.4 is 5.32 Å². The summed E-state index contributed by atoms with van der Waals surface area (Å²) in [5, 5.41) is 18.8. The van der Waals surface area contributed by atoms with Crippen LogP contribution in [0.25, 0.3) is 0 Å². The summed E-state index contributed by atoms with van der Waals surface area (Å²) in [4.78, 5) is 11.9. The Morgan fingerprint density at radius 3 is 2.83 bits per heavy atom. The maximum atomic E-state index is 11.9. The standard InChI is InChI=1S/C12H21N3O2S/c1-8(2)10-6-11(15-14-10)12(17)13-9(7-16)4-5-18-3/h6,8-9,16H,4-5,7H2,1-3H3,(H,13,17)(H,14,15)/t9-/m1/s1. The van der Waals surface area contributed by atoms with E-state index in [-0.39, 0.29) is 18.6 Å². The molecular weight excluding hydrogens is 250 g/mol. The lowest BCUT2D eigenvalue weighted by Crippen LogP contribution is -2.38. The number of thioether (sulfide) groups is 1. The van der Waals surface area contributed by atoms with Crippen molar-refractivity contribution in [2.45, 2.75) is 32.2 Å². The molecule has 0 aliphatic heterocycles. The van der Waals surface area contributed by atoms with E-state index in [1.165, 1.54) is 0 Å². The number of carbonyl (C=O) groups excluding carboxylic acids is 1. The molecule has 0 spiro atoms. The van der Waals surface area contributed by atoms with Crippen LogP contribution in [-0.2, 0) is 0 Å². The van der Waals surface area contributed by atoms with Crippen molar-refractivity contribution in [3.05, 3.63) is 17.5 Å². The molecule has 0 aliphatic rings. The first-order valence-corrected chi connectivity index (χ1v) is 7.43. The summed E-state index contributed by atoms with van der Waals surface area (Å²) < 4.78 is 0. The van der Waals surface area contributed by atoms with Gasteiger partial charge in [0, 0.05) is 5.69 Å². The van der Waals surface area contributed by atoms with E-state index in [0.717, 1.165) is 17.9 Å². The molecule has 6 heteroatoms. The fraction of sp³-hybridized carbons (Fsp3) is 0.667. The first kappa shape index (κ1) is 15.0. The highest BCUT2D eigenvalue weighted by Gasteiger charge is 2.16. The third-order valence-electron chi connectivity index (χ3n) is 2.68. The third kappa shape index (κ3) is 4.34. The number of H-pyrrole nitrogens is 1. The average Bonchev–Trinajstić information content (AvgIpc) is 2.83. The highest BCUT2D eigenvalue weighted by atomic mass is 32.2. The van der Waals surface area contributed by atoms with Gasteiger partial charge in [-0.25, -0.2) is 0 Å². The Bertz CT molecular complexity index is 379. The maximum Gasteiger partial charge on any atom is 0.272 e. The highest BCUT2D eigenvalue weighted by Crippen LogP contribution is 2.12. The summed E-state index contributed by atoms with van der Waals surface area (Å²) in [5.74, 6) is 0.978. The van der Waals surface area contributed by atoms with Gasteiger partial charge in [0.1, 0.15) is 5.69 Å². The lowest BCUT2D eigenvalue weighted by atomic mass is 10.1. The van der Waals surface area contributed by atoms with Crippen molar-refractivity contribution in [2.24, 2.45) is 0 Å². The molecule has 5 nitrogen and oxygen atoms in total. The number of rotatable bonds is 7. The number of aliphatic hydroxyl groups excluding tert-OH is 1. The number of nitrogens with zero attached hydrogens (tertiary/aromatic N) is 1. The highest BCUT2D eigenvalue weighted by molar-refractivity contribution is 7.98. The normalized spacial score (nSPS) is 12.7. The van der Waals surface area contributed by atoms with Crippen LogP contribution >= 0.6 is 11.8 Å². The largest absolute Gasteiger partial charge is 0.394 e. The van der Waals surface area contributed by atoms with Crippen LogP contribution in [0.1, 0.15) is 42.4 Å². The predicted octanol–water partition coefficient (Wildman–Crippen LogP) is 1.38. The fourth-order valence-corrected chi connectivity index (χ4v) is 2.00. The zero-order chi connectivity index (χ0) is 13.5. The Labute approximate surface area is 112 Å². The van der Waals surface area contributed by atoms with Crippen LogP contribution in [0.4, 0.5) is 0 Å². The lowest BCUT2D eigenvalue weighted by molar-refractivity contribution is 0.0910. The molecule has 102 valence electrons. The van der Waals surface area contributed by atoms with E-state index >= 15 is 0 Å². The minimum atomic E-state index is -0.238. The molecule has 1 rings (SSSR count). The van der Waals surface area contributed by atoms with Crippen LogP contribution in [0.5, 0.6) is 0 Å². The molecule has 1 heterocycles. The molecule has 0 radical (unpaired) electrons. The smallest absolute Gasteiger partial charge is 0.272 e. The van der Waals surface area contributed by atoms with Crippen LogP contribution in [0.3, 0.4) is 0 Å². The van der Waals surface area contributed by atoms with Gasteiger partial charge in [0.15, 0.2) is 0 Å². The van der Waals surface area contributed by atoms with Gasteiger partial charge in [0.2, 0.25) is 0 Å². The number of aromatic amines is 1. The molecule has 1 atom stereocenters. The van der Waals surface area contributed by atoms with Gasteiger partial charge in [-0.05, 0) is 30.4 Å². The van der Waals surface area contributed by atoms with Gasteiger partial charge in [-0.3, -0.25) is 9.89 Å². The molecule has 1 amide bonds. The van der Waals surface area contributed by atoms with Crippen LogP contribution in [0.2, 0.25) is 0 Å². The molecule has 18 heavy (non-hydrogen) atoms. The zero-order valence-corrected chi connectivity index (χ0v) is 11.9. The Kier molecular flexibility index (Phi) is 6.21. The molecule has 3 N–H and O–H groups in total. The summed E-state index contributed by atoms with van der Waals surface area (Å²) >= 11 is 1.69. The molecular formula is C12H21N3O2S. The number of carbonyl (C=O) groups is 1. The average molecular weight is 271 g/mol. The number of aliphatic hydroxyl groups is 1. The van der Waals surface area contributed by atoms with E-state index in [1.54, 1.807) is 17.8 Å². The molecule has 0 saturated heterocycles. The van der Waals surface area contributed by atoms with Gasteiger partial charge in [0.05, 0.1) is 12.6 Å². The number of nitrogens with one attached hydrogen (secondary N) is 2. The summed E-state index contributed by atoms with van der Waals surface area (Å²) in [6.45, 7) is 4.02. The Hall–Kier alpha value is -1.01. The monoisotopic (exact) mass is 271 g/mol. The van der Waals surface area contributed by atoms with E-state index in [1.807, 2.05) is 20.1 Å². The van der Waals surface area contributed by atoms with Crippen molar-refractivity contribution in [1.82, 2.24) is 15.5 Å². The van der Waals surface area contributed by atoms with E-state index in [0.29, 0.717) is 11.6 Å². The SMILES string of the molecule is CSCC[C@H](CO)NC(=O)c1cc(C(C)C)[nH]n1. The Morgan fingerprint density at radius 1 is 1.61 bits per heavy atom. The van der Waals surface area contributed by atoms with E-state index in [2.05, 4.69) is 15.5 Å². The number of aromatic nitrogens is 2. The lowest BCUT2D eigenvalue weighted by Gasteiger charge is -2.14. The molecule has 0 fully saturated rings. The Morgan fingerprint density at radius 2 is 2.33 bits per heavy atom. The summed E-state index contributed by atoms with van der Waals surface area (Å²) in [6.07, 6.45) is 2.75. The van der Waals surface area contributed by atoms with Gasteiger partial charge in [0.25, 0.3) is 5.91 Å². The zero-order valence-electron chi connectivity index (χ0n) is 11.1. The van der Waals surface area contributed by atoms with Crippen LogP contribution in [0.15, 0.2) is 6.07 Å². The van der Waals surface area contributed by atoms with Gasteiger partial charge >= 0.3 is 0 Å². The summed E-state index contributed by atoms with van der Waals surface area (Å²) in [6, 6.07) is 1.55. The quantitative estimate of drug-likeness (QED) is 0.700. The van der Waals surface area contributed by atoms with Crippen molar-refractivity contribution in [1.29, 1.82) is 0 Å². The maximum absolute atomic E-state index is 11.9. The van der Waals surface area contributed by atoms with Crippen molar-refractivity contribution in [2.75, 3.05) is 18.6 Å². The van der Waals surface area contributed by atoms with Crippen molar-refractivity contribution < 1.29 is 9.90 Å². The van der Waals surface area contributed by atoms with E-state index in [9.17, 15) is 9.90 Å². The first-order chi connectivity index (χ1) is 8.58. The van der Waals surface area contributed by atoms with Gasteiger partial charge < -0.3 is 10.4 Å². The minimum Gasteiger partial charge on any atom is -0.394 e. The fourth-order valence-electron chi connectivity index (χ4n) is 1.48. The van der Waals surface area contributed by atoms with Gasteiger partial charge in [-0.1, -0.05) is 13.8 Å². The number of hydrogen-bond donors (Lipinski definition) is 3. The van der Waals surface area contributed by atoms with Crippen molar-refractivity contribution in [3.8, 4) is 0 Å². The van der Waals surface area contributed by atoms with Crippen LogP contribution in [0, 0.1) is 0 Å². The van der Waals surface area contributed by atoms with Crippen LogP contribution in [-0.4, -0.2) is 45.9 Å². The molecule has 0 unspecified atom stereocenters. The molecule has 0 aromatic carbocycles. The minimum absolute atomic E-state index is 0.0479. The summed E-state index contributed by atoms with van der Waals surface area (Å²) in [5.41, 5.74) is 1.31. The number of hydrogen-bond acceptors (Lipinski definition) is 4. The number of amides is 1. The van der Waals surface area contributed by atoms with Crippen molar-refractivity contribution in [3.63, 3.8) is 0 Å². The topological polar surface area (TPSA) is 78.0 Å². The first-order valence-electron chi connectivity index (χ1n) is 6.04. The molecule has 0 saturated carbocycles. The van der Waals surface area contributed by atoms with Crippen molar-refractivity contribution >= 4 is 17.7 Å².